The SMILES string of the molecule is CNC1CN(C(C)C)C(C)(C)C1. The lowest BCUT2D eigenvalue weighted by molar-refractivity contribution is 0.134. The molecule has 1 aliphatic rings. The third kappa shape index (κ3) is 1.80. The minimum absolute atomic E-state index is 0.377. The third-order valence-corrected chi connectivity index (χ3v) is 2.97. The van der Waals surface area contributed by atoms with Crippen LogP contribution in [0.1, 0.15) is 34.1 Å². The third-order valence-electron chi connectivity index (χ3n) is 2.97. The number of nitrogens with zero attached hydrogens (tertiary/aromatic N) is 1. The average molecular weight is 170 g/mol. The zero-order valence-corrected chi connectivity index (χ0v) is 9.02. The Bertz CT molecular complexity index is 152. The van der Waals surface area contributed by atoms with E-state index >= 15 is 0 Å². The zero-order chi connectivity index (χ0) is 9.35. The summed E-state index contributed by atoms with van der Waals surface area (Å²) in [5, 5.41) is 3.36. The molecule has 0 amide bonds. The minimum Gasteiger partial charge on any atom is -0.316 e. The molecule has 0 aromatic carbocycles. The fourth-order valence-electron chi connectivity index (χ4n) is 2.37. The molecule has 2 nitrogen and oxygen atoms in total. The van der Waals surface area contributed by atoms with Crippen LogP contribution in [0.5, 0.6) is 0 Å². The molecule has 1 saturated heterocycles. The highest BCUT2D eigenvalue weighted by Crippen LogP contribution is 2.30. The molecule has 0 radical (unpaired) electrons. The highest BCUT2D eigenvalue weighted by Gasteiger charge is 2.38. The second-order valence-electron chi connectivity index (χ2n) is 4.75. The smallest absolute Gasteiger partial charge is 0.0209 e. The van der Waals surface area contributed by atoms with Crippen molar-refractivity contribution in [1.29, 1.82) is 0 Å². The van der Waals surface area contributed by atoms with Gasteiger partial charge in [0.05, 0.1) is 0 Å². The van der Waals surface area contributed by atoms with Gasteiger partial charge in [-0.1, -0.05) is 0 Å². The van der Waals surface area contributed by atoms with Crippen molar-refractivity contribution >= 4 is 0 Å². The minimum atomic E-state index is 0.377. The molecule has 0 aliphatic carbocycles. The summed E-state index contributed by atoms with van der Waals surface area (Å²) in [5.41, 5.74) is 0.377. The molecule has 0 bridgehead atoms. The van der Waals surface area contributed by atoms with Crippen LogP contribution in [0.2, 0.25) is 0 Å². The molecule has 0 spiro atoms. The first-order valence-electron chi connectivity index (χ1n) is 4.91. The summed E-state index contributed by atoms with van der Waals surface area (Å²) in [4.78, 5) is 2.58. The van der Waals surface area contributed by atoms with E-state index in [0.29, 0.717) is 17.6 Å². The van der Waals surface area contributed by atoms with Crippen LogP contribution in [0.25, 0.3) is 0 Å². The van der Waals surface area contributed by atoms with Gasteiger partial charge in [0.25, 0.3) is 0 Å². The topological polar surface area (TPSA) is 15.3 Å². The van der Waals surface area contributed by atoms with E-state index in [1.807, 2.05) is 0 Å². The Kier molecular flexibility index (Phi) is 2.79. The molecule has 1 heterocycles. The summed E-state index contributed by atoms with van der Waals surface area (Å²) < 4.78 is 0. The lowest BCUT2D eigenvalue weighted by atomic mass is 9.99. The molecule has 1 aliphatic heterocycles. The average Bonchev–Trinajstić information content (AvgIpc) is 2.25. The second-order valence-corrected chi connectivity index (χ2v) is 4.75. The van der Waals surface area contributed by atoms with Crippen LogP contribution in [0.4, 0.5) is 0 Å². The molecule has 12 heavy (non-hydrogen) atoms. The van der Waals surface area contributed by atoms with Gasteiger partial charge < -0.3 is 5.32 Å². The molecule has 2 heteroatoms. The van der Waals surface area contributed by atoms with E-state index in [1.165, 1.54) is 13.0 Å². The zero-order valence-electron chi connectivity index (χ0n) is 9.02. The van der Waals surface area contributed by atoms with Crippen molar-refractivity contribution in [3.63, 3.8) is 0 Å². The number of likely N-dealkylation sites (N-methyl/N-ethyl adjacent to an activating group) is 1. The maximum absolute atomic E-state index is 3.36. The van der Waals surface area contributed by atoms with Gasteiger partial charge in [-0.25, -0.2) is 0 Å². The molecule has 1 unspecified atom stereocenters. The predicted molar refractivity (Wildman–Crippen MR) is 53.4 cm³/mol. The number of hydrogen-bond donors (Lipinski definition) is 1. The van der Waals surface area contributed by atoms with Crippen LogP contribution >= 0.6 is 0 Å². The molecule has 72 valence electrons. The largest absolute Gasteiger partial charge is 0.316 e. The Morgan fingerprint density at radius 2 is 2.00 bits per heavy atom. The lowest BCUT2D eigenvalue weighted by Gasteiger charge is -2.34. The van der Waals surface area contributed by atoms with E-state index in [4.69, 9.17) is 0 Å². The van der Waals surface area contributed by atoms with E-state index < -0.39 is 0 Å². The van der Waals surface area contributed by atoms with Crippen LogP contribution < -0.4 is 5.32 Å². The highest BCUT2D eigenvalue weighted by atomic mass is 15.3. The normalized spacial score (nSPS) is 30.0. The molecule has 0 saturated carbocycles. The maximum atomic E-state index is 3.36. The van der Waals surface area contributed by atoms with Gasteiger partial charge in [0.1, 0.15) is 0 Å². The second kappa shape index (κ2) is 3.35. The summed E-state index contributed by atoms with van der Waals surface area (Å²) in [7, 11) is 2.06. The van der Waals surface area contributed by atoms with Gasteiger partial charge >= 0.3 is 0 Å². The first-order chi connectivity index (χ1) is 5.47. The van der Waals surface area contributed by atoms with Crippen LogP contribution in [0.3, 0.4) is 0 Å². The van der Waals surface area contributed by atoms with Crippen LogP contribution in [0, 0.1) is 0 Å². The molecular formula is C10H22N2. The van der Waals surface area contributed by atoms with Crippen molar-refractivity contribution in [2.75, 3.05) is 13.6 Å². The summed E-state index contributed by atoms with van der Waals surface area (Å²) >= 11 is 0. The van der Waals surface area contributed by atoms with Gasteiger partial charge in [0.15, 0.2) is 0 Å². The maximum Gasteiger partial charge on any atom is 0.0209 e. The highest BCUT2D eigenvalue weighted by molar-refractivity contribution is 4.96. The van der Waals surface area contributed by atoms with Crippen LogP contribution in [0.15, 0.2) is 0 Å². The van der Waals surface area contributed by atoms with Gasteiger partial charge in [0.2, 0.25) is 0 Å². The molecule has 0 aromatic rings. The van der Waals surface area contributed by atoms with Gasteiger partial charge in [-0.2, -0.15) is 0 Å². The standard InChI is InChI=1S/C10H22N2/c1-8(2)12-7-9(11-5)6-10(12,3)4/h8-9,11H,6-7H2,1-5H3. The van der Waals surface area contributed by atoms with Crippen molar-refractivity contribution < 1.29 is 0 Å². The number of likely N-dealkylation sites (tertiary alicyclic amines) is 1. The molecule has 1 rings (SSSR count). The number of hydrogen-bond acceptors (Lipinski definition) is 2. The van der Waals surface area contributed by atoms with Crippen molar-refractivity contribution in [3.05, 3.63) is 0 Å². The van der Waals surface area contributed by atoms with Gasteiger partial charge in [0, 0.05) is 24.2 Å². The first kappa shape index (κ1) is 10.0. The lowest BCUT2D eigenvalue weighted by Crippen LogP contribution is -2.42. The van der Waals surface area contributed by atoms with Gasteiger partial charge in [-0.3, -0.25) is 4.90 Å². The Morgan fingerprint density at radius 3 is 2.25 bits per heavy atom. The van der Waals surface area contributed by atoms with Gasteiger partial charge in [-0.15, -0.1) is 0 Å². The predicted octanol–water partition coefficient (Wildman–Crippen LogP) is 1.47. The van der Waals surface area contributed by atoms with Crippen molar-refractivity contribution in [1.82, 2.24) is 10.2 Å². The van der Waals surface area contributed by atoms with E-state index in [1.54, 1.807) is 0 Å². The van der Waals surface area contributed by atoms with E-state index in [2.05, 4.69) is 45.0 Å². The van der Waals surface area contributed by atoms with E-state index in [9.17, 15) is 0 Å². The Morgan fingerprint density at radius 1 is 1.42 bits per heavy atom. The fraction of sp³-hybridized carbons (Fsp3) is 1.00. The van der Waals surface area contributed by atoms with E-state index in [0.717, 1.165) is 0 Å². The van der Waals surface area contributed by atoms with Crippen molar-refractivity contribution in [2.45, 2.75) is 51.7 Å². The molecule has 1 fully saturated rings. The summed E-state index contributed by atoms with van der Waals surface area (Å²) in [6, 6.07) is 1.35. The molecule has 1 atom stereocenters. The molecule has 1 N–H and O–H groups in total. The van der Waals surface area contributed by atoms with E-state index in [-0.39, 0.29) is 0 Å². The van der Waals surface area contributed by atoms with Crippen molar-refractivity contribution in [3.8, 4) is 0 Å². The molecular weight excluding hydrogens is 148 g/mol. The first-order valence-corrected chi connectivity index (χ1v) is 4.91. The fourth-order valence-corrected chi connectivity index (χ4v) is 2.37. The molecule has 0 aromatic heterocycles. The summed E-state index contributed by atoms with van der Waals surface area (Å²) in [5.74, 6) is 0. The van der Waals surface area contributed by atoms with Gasteiger partial charge in [-0.05, 0) is 41.2 Å². The Labute approximate surface area is 76.3 Å². The number of rotatable bonds is 2. The summed E-state index contributed by atoms with van der Waals surface area (Å²) in [6.07, 6.45) is 1.27. The Hall–Kier alpha value is -0.0800. The Balaban J connectivity index is 2.64. The monoisotopic (exact) mass is 170 g/mol. The summed E-state index contributed by atoms with van der Waals surface area (Å²) in [6.45, 7) is 10.4. The van der Waals surface area contributed by atoms with Crippen molar-refractivity contribution in [2.24, 2.45) is 0 Å². The van der Waals surface area contributed by atoms with Crippen LogP contribution in [-0.2, 0) is 0 Å². The number of nitrogens with one attached hydrogen (secondary N) is 1. The quantitative estimate of drug-likeness (QED) is 0.675. The van der Waals surface area contributed by atoms with Crippen LogP contribution in [-0.4, -0.2) is 36.1 Å².